The highest BCUT2D eigenvalue weighted by molar-refractivity contribution is 7.11. The highest BCUT2D eigenvalue weighted by atomic mass is 35.5. The molecule has 18 heavy (non-hydrogen) atoms. The van der Waals surface area contributed by atoms with Gasteiger partial charge in [0.05, 0.1) is 5.01 Å². The van der Waals surface area contributed by atoms with Gasteiger partial charge in [-0.05, 0) is 44.2 Å². The number of nitrogens with one attached hydrogen (secondary N) is 1. The number of nitrogens with zero attached hydrogens (tertiary/aromatic N) is 1. The summed E-state index contributed by atoms with van der Waals surface area (Å²) in [6, 6.07) is 4.70. The maximum atomic E-state index is 13.7. The number of aromatic nitrogens is 1. The first-order valence-corrected chi connectivity index (χ1v) is 6.83. The summed E-state index contributed by atoms with van der Waals surface area (Å²) in [5.74, 6) is -0.221. The van der Waals surface area contributed by atoms with Gasteiger partial charge in [0.25, 0.3) is 0 Å². The van der Waals surface area contributed by atoms with E-state index in [1.54, 1.807) is 23.5 Å². The normalized spacial score (nSPS) is 12.7. The highest BCUT2D eigenvalue weighted by Crippen LogP contribution is 2.25. The maximum absolute atomic E-state index is 13.7. The summed E-state index contributed by atoms with van der Waals surface area (Å²) < 4.78 is 13.7. The van der Waals surface area contributed by atoms with E-state index in [1.807, 2.05) is 20.2 Å². The average Bonchev–Trinajstić information content (AvgIpc) is 2.77. The van der Waals surface area contributed by atoms with E-state index in [2.05, 4.69) is 10.3 Å². The fourth-order valence-corrected chi connectivity index (χ4v) is 2.89. The molecule has 5 heteroatoms. The molecule has 0 saturated heterocycles. The van der Waals surface area contributed by atoms with Gasteiger partial charge in [0.15, 0.2) is 0 Å². The van der Waals surface area contributed by atoms with Crippen molar-refractivity contribution in [1.29, 1.82) is 0 Å². The van der Waals surface area contributed by atoms with Crippen LogP contribution in [0, 0.1) is 12.7 Å². The van der Waals surface area contributed by atoms with E-state index in [-0.39, 0.29) is 11.9 Å². The maximum Gasteiger partial charge on any atom is 0.126 e. The summed E-state index contributed by atoms with van der Waals surface area (Å²) in [6.45, 7) is 1.96. The summed E-state index contributed by atoms with van der Waals surface area (Å²) in [5.41, 5.74) is 0.618. The van der Waals surface area contributed by atoms with Gasteiger partial charge in [-0.3, -0.25) is 0 Å². The number of hydrogen-bond acceptors (Lipinski definition) is 3. The number of aryl methyl sites for hydroxylation is 1. The number of rotatable bonds is 4. The first kappa shape index (κ1) is 13.5. The van der Waals surface area contributed by atoms with Crippen molar-refractivity contribution in [2.45, 2.75) is 19.4 Å². The van der Waals surface area contributed by atoms with Crippen molar-refractivity contribution in [3.05, 3.63) is 50.7 Å². The fraction of sp³-hybridized carbons (Fsp3) is 0.308. The standard InChI is InChI=1S/C13H14ClFN2S/c1-8-17-7-13(18-8)12(16-2)6-9-5-10(14)3-4-11(9)15/h3-5,7,12,16H,6H2,1-2H3. The van der Waals surface area contributed by atoms with E-state index in [4.69, 9.17) is 11.6 Å². The molecule has 2 aromatic rings. The van der Waals surface area contributed by atoms with Crippen LogP contribution in [0.5, 0.6) is 0 Å². The van der Waals surface area contributed by atoms with Crippen molar-refractivity contribution in [3.63, 3.8) is 0 Å². The van der Waals surface area contributed by atoms with Crippen LogP contribution in [0.15, 0.2) is 24.4 Å². The third-order valence-corrected chi connectivity index (χ3v) is 4.02. The van der Waals surface area contributed by atoms with Crippen molar-refractivity contribution < 1.29 is 4.39 Å². The summed E-state index contributed by atoms with van der Waals surface area (Å²) in [5, 5.41) is 4.76. The van der Waals surface area contributed by atoms with E-state index in [1.165, 1.54) is 6.07 Å². The molecule has 2 nitrogen and oxygen atoms in total. The van der Waals surface area contributed by atoms with E-state index in [0.29, 0.717) is 17.0 Å². The van der Waals surface area contributed by atoms with E-state index in [0.717, 1.165) is 9.88 Å². The Labute approximate surface area is 115 Å². The first-order chi connectivity index (χ1) is 8.60. The average molecular weight is 285 g/mol. The molecular formula is C13H14ClFN2S. The van der Waals surface area contributed by atoms with Crippen molar-refractivity contribution in [2.24, 2.45) is 0 Å². The minimum Gasteiger partial charge on any atom is -0.312 e. The molecule has 1 heterocycles. The van der Waals surface area contributed by atoms with Crippen LogP contribution in [-0.4, -0.2) is 12.0 Å². The molecule has 0 aliphatic heterocycles. The third kappa shape index (κ3) is 3.07. The lowest BCUT2D eigenvalue weighted by atomic mass is 10.0. The summed E-state index contributed by atoms with van der Waals surface area (Å²) in [6.07, 6.45) is 2.40. The van der Waals surface area contributed by atoms with Crippen LogP contribution in [0.4, 0.5) is 4.39 Å². The lowest BCUT2D eigenvalue weighted by molar-refractivity contribution is 0.559. The second kappa shape index (κ2) is 5.78. The summed E-state index contributed by atoms with van der Waals surface area (Å²) in [4.78, 5) is 5.33. The Balaban J connectivity index is 2.22. The van der Waals surface area contributed by atoms with E-state index < -0.39 is 0 Å². The van der Waals surface area contributed by atoms with Gasteiger partial charge in [0.1, 0.15) is 5.82 Å². The molecule has 1 unspecified atom stereocenters. The van der Waals surface area contributed by atoms with Gasteiger partial charge < -0.3 is 5.32 Å². The second-order valence-corrected chi connectivity index (χ2v) is 5.77. The smallest absolute Gasteiger partial charge is 0.126 e. The van der Waals surface area contributed by atoms with Gasteiger partial charge in [0, 0.05) is 22.1 Å². The van der Waals surface area contributed by atoms with Crippen LogP contribution in [0.3, 0.4) is 0 Å². The molecule has 0 aliphatic rings. The van der Waals surface area contributed by atoms with Crippen molar-refractivity contribution in [2.75, 3.05) is 7.05 Å². The Morgan fingerprint density at radius 2 is 2.28 bits per heavy atom. The van der Waals surface area contributed by atoms with Gasteiger partial charge in [-0.25, -0.2) is 9.37 Å². The van der Waals surface area contributed by atoms with Gasteiger partial charge in [-0.15, -0.1) is 11.3 Å². The number of halogens is 2. The second-order valence-electron chi connectivity index (χ2n) is 4.06. The van der Waals surface area contributed by atoms with Crippen LogP contribution in [-0.2, 0) is 6.42 Å². The monoisotopic (exact) mass is 284 g/mol. The zero-order valence-electron chi connectivity index (χ0n) is 10.2. The molecule has 1 atom stereocenters. The Hall–Kier alpha value is -0.970. The van der Waals surface area contributed by atoms with E-state index >= 15 is 0 Å². The minimum absolute atomic E-state index is 0.0594. The van der Waals surface area contributed by atoms with Crippen LogP contribution in [0.25, 0.3) is 0 Å². The van der Waals surface area contributed by atoms with Gasteiger partial charge >= 0.3 is 0 Å². The molecule has 96 valence electrons. The molecule has 0 saturated carbocycles. The molecule has 1 aromatic heterocycles. The van der Waals surface area contributed by atoms with Crippen LogP contribution < -0.4 is 5.32 Å². The Bertz CT molecular complexity index is 542. The number of likely N-dealkylation sites (N-methyl/N-ethyl adjacent to an activating group) is 1. The predicted octanol–water partition coefficient (Wildman–Crippen LogP) is 3.75. The summed E-state index contributed by atoms with van der Waals surface area (Å²) in [7, 11) is 1.86. The van der Waals surface area contributed by atoms with Crippen LogP contribution >= 0.6 is 22.9 Å². The number of hydrogen-bond donors (Lipinski definition) is 1. The van der Waals surface area contributed by atoms with Gasteiger partial charge in [-0.1, -0.05) is 11.6 Å². The Morgan fingerprint density at radius 1 is 1.50 bits per heavy atom. The topological polar surface area (TPSA) is 24.9 Å². The first-order valence-electron chi connectivity index (χ1n) is 5.63. The molecule has 0 bridgehead atoms. The van der Waals surface area contributed by atoms with Gasteiger partial charge in [0.2, 0.25) is 0 Å². The van der Waals surface area contributed by atoms with Gasteiger partial charge in [-0.2, -0.15) is 0 Å². The molecule has 0 amide bonds. The zero-order valence-corrected chi connectivity index (χ0v) is 11.8. The predicted molar refractivity (Wildman–Crippen MR) is 73.8 cm³/mol. The Kier molecular flexibility index (Phi) is 4.32. The van der Waals surface area contributed by atoms with Crippen LogP contribution in [0.2, 0.25) is 5.02 Å². The largest absolute Gasteiger partial charge is 0.312 e. The molecule has 1 aromatic carbocycles. The van der Waals surface area contributed by atoms with E-state index in [9.17, 15) is 4.39 Å². The van der Waals surface area contributed by atoms with Crippen molar-refractivity contribution in [1.82, 2.24) is 10.3 Å². The molecule has 2 rings (SSSR count). The zero-order chi connectivity index (χ0) is 13.1. The Morgan fingerprint density at radius 3 is 2.89 bits per heavy atom. The molecule has 0 radical (unpaired) electrons. The molecular weight excluding hydrogens is 271 g/mol. The fourth-order valence-electron chi connectivity index (χ4n) is 1.80. The molecule has 0 aliphatic carbocycles. The molecule has 0 spiro atoms. The SMILES string of the molecule is CNC(Cc1cc(Cl)ccc1F)c1cnc(C)s1. The van der Waals surface area contributed by atoms with Crippen LogP contribution in [0.1, 0.15) is 21.5 Å². The molecule has 1 N–H and O–H groups in total. The number of benzene rings is 1. The highest BCUT2D eigenvalue weighted by Gasteiger charge is 2.15. The lowest BCUT2D eigenvalue weighted by Crippen LogP contribution is -2.18. The van der Waals surface area contributed by atoms with Crippen molar-refractivity contribution >= 4 is 22.9 Å². The quantitative estimate of drug-likeness (QED) is 0.925. The van der Waals surface area contributed by atoms with Crippen molar-refractivity contribution in [3.8, 4) is 0 Å². The number of thiazole rings is 1. The summed E-state index contributed by atoms with van der Waals surface area (Å²) >= 11 is 7.52. The minimum atomic E-state index is -0.221. The third-order valence-electron chi connectivity index (χ3n) is 2.76. The molecule has 0 fully saturated rings. The lowest BCUT2D eigenvalue weighted by Gasteiger charge is -2.14.